The molecule has 0 radical (unpaired) electrons. The number of ether oxygens (including phenoxy) is 1. The third kappa shape index (κ3) is 5.72. The third-order valence-corrected chi connectivity index (χ3v) is 4.51. The molecule has 144 valence electrons. The van der Waals surface area contributed by atoms with Crippen molar-refractivity contribution in [3.8, 4) is 5.75 Å². The molecule has 6 heteroatoms. The fraction of sp³-hybridized carbons (Fsp3) is 0.182. The quantitative estimate of drug-likeness (QED) is 0.596. The van der Waals surface area contributed by atoms with Crippen LogP contribution in [-0.4, -0.2) is 24.5 Å². The number of amides is 1. The van der Waals surface area contributed by atoms with Crippen molar-refractivity contribution >= 4 is 23.2 Å². The Hall–Kier alpha value is -3.05. The molecule has 0 bridgehead atoms. The highest BCUT2D eigenvalue weighted by molar-refractivity contribution is 6.30. The Kier molecular flexibility index (Phi) is 6.87. The number of halogens is 1. The highest BCUT2D eigenvalue weighted by Crippen LogP contribution is 2.13. The molecule has 0 aliphatic rings. The van der Waals surface area contributed by atoms with Crippen molar-refractivity contribution in [1.82, 2.24) is 10.3 Å². The van der Waals surface area contributed by atoms with Gasteiger partial charge in [-0.2, -0.15) is 0 Å². The molecule has 28 heavy (non-hydrogen) atoms. The summed E-state index contributed by atoms with van der Waals surface area (Å²) in [6, 6.07) is 19.0. The predicted molar refractivity (Wildman–Crippen MR) is 112 cm³/mol. The standard InChI is InChI=1S/C22H22ClN3O2/c1-28-20-8-4-17(5-9-20)15-26-22(27)21-14-19(11-13-25-21)24-12-10-16-2-6-18(23)7-3-16/h2-9,11,13-14H,10,12,15H2,1H3,(H,24,25)(H,26,27). The number of carbonyl (C=O) groups excluding carboxylic acids is 1. The lowest BCUT2D eigenvalue weighted by Crippen LogP contribution is -2.23. The zero-order valence-electron chi connectivity index (χ0n) is 15.6. The Morgan fingerprint density at radius 1 is 1.04 bits per heavy atom. The second kappa shape index (κ2) is 9.76. The molecule has 0 saturated carbocycles. The van der Waals surface area contributed by atoms with Crippen molar-refractivity contribution < 1.29 is 9.53 Å². The zero-order chi connectivity index (χ0) is 19.8. The fourth-order valence-electron chi connectivity index (χ4n) is 2.68. The topological polar surface area (TPSA) is 63.2 Å². The first kappa shape index (κ1) is 19.7. The van der Waals surface area contributed by atoms with E-state index in [-0.39, 0.29) is 5.91 Å². The molecule has 5 nitrogen and oxygen atoms in total. The average molecular weight is 396 g/mol. The van der Waals surface area contributed by atoms with Crippen LogP contribution in [0.2, 0.25) is 5.02 Å². The molecule has 3 rings (SSSR count). The van der Waals surface area contributed by atoms with E-state index in [1.807, 2.05) is 54.6 Å². The minimum atomic E-state index is -0.211. The lowest BCUT2D eigenvalue weighted by atomic mass is 10.1. The molecule has 0 aliphatic carbocycles. The normalized spacial score (nSPS) is 10.4. The third-order valence-electron chi connectivity index (χ3n) is 4.26. The van der Waals surface area contributed by atoms with Crippen molar-refractivity contribution in [2.24, 2.45) is 0 Å². The lowest BCUT2D eigenvalue weighted by molar-refractivity contribution is 0.0946. The van der Waals surface area contributed by atoms with E-state index in [1.165, 1.54) is 5.56 Å². The number of anilines is 1. The first-order valence-corrected chi connectivity index (χ1v) is 9.37. The fourth-order valence-corrected chi connectivity index (χ4v) is 2.81. The van der Waals surface area contributed by atoms with Crippen LogP contribution in [0.15, 0.2) is 66.9 Å². The number of hydrogen-bond donors (Lipinski definition) is 2. The van der Waals surface area contributed by atoms with Gasteiger partial charge in [-0.05, 0) is 53.9 Å². The summed E-state index contributed by atoms with van der Waals surface area (Å²) in [6.07, 6.45) is 2.49. The number of hydrogen-bond acceptors (Lipinski definition) is 4. The Balaban J connectivity index is 1.51. The minimum absolute atomic E-state index is 0.211. The van der Waals surface area contributed by atoms with Gasteiger partial charge in [0.2, 0.25) is 0 Å². The van der Waals surface area contributed by atoms with Crippen LogP contribution in [0.25, 0.3) is 0 Å². The summed E-state index contributed by atoms with van der Waals surface area (Å²) in [4.78, 5) is 16.6. The largest absolute Gasteiger partial charge is 0.497 e. The van der Waals surface area contributed by atoms with Crippen LogP contribution >= 0.6 is 11.6 Å². The van der Waals surface area contributed by atoms with Gasteiger partial charge in [0.25, 0.3) is 5.91 Å². The highest BCUT2D eigenvalue weighted by atomic mass is 35.5. The van der Waals surface area contributed by atoms with Gasteiger partial charge in [0.05, 0.1) is 7.11 Å². The van der Waals surface area contributed by atoms with Crippen molar-refractivity contribution in [3.05, 3.63) is 88.7 Å². The van der Waals surface area contributed by atoms with Crippen molar-refractivity contribution in [2.45, 2.75) is 13.0 Å². The van der Waals surface area contributed by atoms with Crippen LogP contribution in [0.3, 0.4) is 0 Å². The number of rotatable bonds is 8. The molecule has 3 aromatic rings. The van der Waals surface area contributed by atoms with Gasteiger partial charge in [0.1, 0.15) is 11.4 Å². The number of benzene rings is 2. The number of aromatic nitrogens is 1. The first-order chi connectivity index (χ1) is 13.6. The number of nitrogens with one attached hydrogen (secondary N) is 2. The molecular weight excluding hydrogens is 374 g/mol. The van der Waals surface area contributed by atoms with Crippen LogP contribution in [0, 0.1) is 0 Å². The Bertz CT molecular complexity index is 912. The lowest BCUT2D eigenvalue weighted by Gasteiger charge is -2.09. The van der Waals surface area contributed by atoms with E-state index in [4.69, 9.17) is 16.3 Å². The van der Waals surface area contributed by atoms with E-state index >= 15 is 0 Å². The summed E-state index contributed by atoms with van der Waals surface area (Å²) in [6.45, 7) is 1.18. The smallest absolute Gasteiger partial charge is 0.270 e. The molecule has 2 N–H and O–H groups in total. The summed E-state index contributed by atoms with van der Waals surface area (Å²) in [5.74, 6) is 0.575. The molecule has 0 atom stereocenters. The van der Waals surface area contributed by atoms with Crippen LogP contribution < -0.4 is 15.4 Å². The summed E-state index contributed by atoms with van der Waals surface area (Å²) in [5, 5.41) is 6.94. The molecule has 0 spiro atoms. The van der Waals surface area contributed by atoms with Crippen LogP contribution in [-0.2, 0) is 13.0 Å². The molecule has 0 unspecified atom stereocenters. The SMILES string of the molecule is COc1ccc(CNC(=O)c2cc(NCCc3ccc(Cl)cc3)ccn2)cc1. The summed E-state index contributed by atoms with van der Waals surface area (Å²) >= 11 is 5.90. The molecule has 1 aromatic heterocycles. The van der Waals surface area contributed by atoms with E-state index in [0.29, 0.717) is 12.2 Å². The second-order valence-corrected chi connectivity index (χ2v) is 6.70. The number of methoxy groups -OCH3 is 1. The van der Waals surface area contributed by atoms with E-state index in [0.717, 1.165) is 35.0 Å². The average Bonchev–Trinajstić information content (AvgIpc) is 2.74. The molecular formula is C22H22ClN3O2. The highest BCUT2D eigenvalue weighted by Gasteiger charge is 2.08. The van der Waals surface area contributed by atoms with Gasteiger partial charge in [-0.1, -0.05) is 35.9 Å². The molecule has 1 heterocycles. The van der Waals surface area contributed by atoms with Gasteiger partial charge in [0, 0.05) is 30.0 Å². The zero-order valence-corrected chi connectivity index (χ0v) is 16.4. The summed E-state index contributed by atoms with van der Waals surface area (Å²) in [5.41, 5.74) is 3.43. The maximum atomic E-state index is 12.4. The molecule has 2 aromatic carbocycles. The molecule has 0 saturated heterocycles. The Labute approximate surface area is 169 Å². The van der Waals surface area contributed by atoms with Gasteiger partial charge < -0.3 is 15.4 Å². The summed E-state index contributed by atoms with van der Waals surface area (Å²) < 4.78 is 5.13. The number of pyridine rings is 1. The first-order valence-electron chi connectivity index (χ1n) is 8.99. The van der Waals surface area contributed by atoms with Gasteiger partial charge >= 0.3 is 0 Å². The van der Waals surface area contributed by atoms with Crippen molar-refractivity contribution in [3.63, 3.8) is 0 Å². The summed E-state index contributed by atoms with van der Waals surface area (Å²) in [7, 11) is 1.62. The van der Waals surface area contributed by atoms with Crippen molar-refractivity contribution in [2.75, 3.05) is 19.0 Å². The molecule has 0 fully saturated rings. The number of nitrogens with zero attached hydrogens (tertiary/aromatic N) is 1. The maximum absolute atomic E-state index is 12.4. The minimum Gasteiger partial charge on any atom is -0.497 e. The Morgan fingerprint density at radius 2 is 1.75 bits per heavy atom. The van der Waals surface area contributed by atoms with Gasteiger partial charge in [0.15, 0.2) is 0 Å². The molecule has 1 amide bonds. The van der Waals surface area contributed by atoms with E-state index in [2.05, 4.69) is 15.6 Å². The number of carbonyl (C=O) groups is 1. The van der Waals surface area contributed by atoms with E-state index in [1.54, 1.807) is 19.4 Å². The predicted octanol–water partition coefficient (Wildman–Crippen LogP) is 4.33. The van der Waals surface area contributed by atoms with Crippen LogP contribution in [0.1, 0.15) is 21.6 Å². The van der Waals surface area contributed by atoms with Crippen LogP contribution in [0.4, 0.5) is 5.69 Å². The van der Waals surface area contributed by atoms with E-state index in [9.17, 15) is 4.79 Å². The van der Waals surface area contributed by atoms with Crippen molar-refractivity contribution in [1.29, 1.82) is 0 Å². The Morgan fingerprint density at radius 3 is 2.46 bits per heavy atom. The van der Waals surface area contributed by atoms with Crippen LogP contribution in [0.5, 0.6) is 5.75 Å². The monoisotopic (exact) mass is 395 g/mol. The molecule has 0 aliphatic heterocycles. The van der Waals surface area contributed by atoms with Gasteiger partial charge in [-0.3, -0.25) is 9.78 Å². The van der Waals surface area contributed by atoms with E-state index < -0.39 is 0 Å². The second-order valence-electron chi connectivity index (χ2n) is 6.26. The van der Waals surface area contributed by atoms with Gasteiger partial charge in [-0.15, -0.1) is 0 Å². The maximum Gasteiger partial charge on any atom is 0.270 e. The van der Waals surface area contributed by atoms with Gasteiger partial charge in [-0.25, -0.2) is 0 Å².